The molecule has 6 atom stereocenters. The van der Waals surface area contributed by atoms with E-state index in [0.29, 0.717) is 0 Å². The third kappa shape index (κ3) is 6.40. The predicted molar refractivity (Wildman–Crippen MR) is 137 cm³/mol. The van der Waals surface area contributed by atoms with Crippen LogP contribution in [0.1, 0.15) is 20.8 Å². The number of amides is 1. The van der Waals surface area contributed by atoms with Crippen molar-refractivity contribution >= 4 is 21.9 Å². The molecule has 0 spiro atoms. The van der Waals surface area contributed by atoms with E-state index in [0.717, 1.165) is 15.4 Å². The van der Waals surface area contributed by atoms with Crippen LogP contribution >= 0.6 is 0 Å². The molecule has 12 heteroatoms. The molecule has 1 aliphatic rings. The lowest BCUT2D eigenvalue weighted by atomic mass is 9.95. The topological polar surface area (TPSA) is 163 Å². The number of carboxylic acids is 1. The van der Waals surface area contributed by atoms with Crippen LogP contribution in [0.3, 0.4) is 0 Å². The van der Waals surface area contributed by atoms with Gasteiger partial charge in [0, 0.05) is 20.6 Å². The van der Waals surface area contributed by atoms with Crippen molar-refractivity contribution in [3.63, 3.8) is 0 Å². The van der Waals surface area contributed by atoms with Crippen LogP contribution in [0, 0.1) is 5.92 Å². The maximum atomic E-state index is 13.8. The Morgan fingerprint density at radius 1 is 1.03 bits per heavy atom. The molecular formula is C26H34N2O9S. The zero-order valence-corrected chi connectivity index (χ0v) is 22.4. The number of nitrogens with zero attached hydrogens (tertiary/aromatic N) is 1. The molecule has 1 fully saturated rings. The number of hydrogen-bond acceptors (Lipinski definition) is 8. The Bertz CT molecular complexity index is 1200. The number of carbonyl (C=O) groups is 2. The molecule has 2 aromatic carbocycles. The molecular weight excluding hydrogens is 516 g/mol. The number of aliphatic carboxylic acids is 1. The van der Waals surface area contributed by atoms with Gasteiger partial charge in [-0.25, -0.2) is 8.42 Å². The second-order valence-electron chi connectivity index (χ2n) is 9.48. The summed E-state index contributed by atoms with van der Waals surface area (Å²) in [5.74, 6) is -2.53. The zero-order chi connectivity index (χ0) is 28.2. The fourth-order valence-corrected chi connectivity index (χ4v) is 6.26. The van der Waals surface area contributed by atoms with Gasteiger partial charge in [0.25, 0.3) is 0 Å². The Morgan fingerprint density at radius 3 is 2.11 bits per heavy atom. The molecule has 0 aromatic heterocycles. The van der Waals surface area contributed by atoms with Gasteiger partial charge in [0.2, 0.25) is 15.9 Å². The molecule has 0 bridgehead atoms. The quantitative estimate of drug-likeness (QED) is 0.339. The fourth-order valence-electron chi connectivity index (χ4n) is 4.54. The molecule has 2 aromatic rings. The van der Waals surface area contributed by atoms with Crippen molar-refractivity contribution in [2.75, 3.05) is 13.7 Å². The molecule has 3 rings (SSSR count). The SMILES string of the molecule is CO[C@@H]1O[C@H](CN([C@@H](C(=O)O)C(C)C)S(=O)(=O)c2ccc(-c3ccccc3)cc2)[C@@H](O)[C@H](O)[C@H]1NC(C)=O. The van der Waals surface area contributed by atoms with E-state index in [1.54, 1.807) is 26.0 Å². The molecule has 1 saturated heterocycles. The van der Waals surface area contributed by atoms with Crippen molar-refractivity contribution < 1.29 is 42.8 Å². The number of sulfonamides is 1. The van der Waals surface area contributed by atoms with E-state index in [1.807, 2.05) is 30.3 Å². The summed E-state index contributed by atoms with van der Waals surface area (Å²) in [6.07, 6.45) is -5.81. The second kappa shape index (κ2) is 12.3. The Balaban J connectivity index is 1.98. The van der Waals surface area contributed by atoms with Crippen LogP contribution < -0.4 is 5.32 Å². The van der Waals surface area contributed by atoms with E-state index in [1.165, 1.54) is 26.2 Å². The highest BCUT2D eigenvalue weighted by molar-refractivity contribution is 7.89. The first-order valence-corrected chi connectivity index (χ1v) is 13.5. The number of nitrogens with one attached hydrogen (secondary N) is 1. The van der Waals surface area contributed by atoms with Gasteiger partial charge in [-0.15, -0.1) is 0 Å². The lowest BCUT2D eigenvalue weighted by molar-refractivity contribution is -0.258. The summed E-state index contributed by atoms with van der Waals surface area (Å²) in [4.78, 5) is 23.7. The Kier molecular flexibility index (Phi) is 9.63. The first-order valence-electron chi connectivity index (χ1n) is 12.1. The van der Waals surface area contributed by atoms with Crippen LogP contribution in [-0.2, 0) is 29.1 Å². The van der Waals surface area contributed by atoms with Gasteiger partial charge >= 0.3 is 5.97 Å². The van der Waals surface area contributed by atoms with Gasteiger partial charge in [0.05, 0.1) is 4.90 Å². The minimum Gasteiger partial charge on any atom is -0.480 e. The smallest absolute Gasteiger partial charge is 0.322 e. The third-order valence-corrected chi connectivity index (χ3v) is 8.29. The second-order valence-corrected chi connectivity index (χ2v) is 11.4. The highest BCUT2D eigenvalue weighted by Crippen LogP contribution is 2.29. The summed E-state index contributed by atoms with van der Waals surface area (Å²) in [6, 6.07) is 12.7. The Labute approximate surface area is 222 Å². The summed E-state index contributed by atoms with van der Waals surface area (Å²) in [7, 11) is -3.16. The number of benzene rings is 2. The van der Waals surface area contributed by atoms with E-state index in [-0.39, 0.29) is 4.90 Å². The minimum atomic E-state index is -4.42. The normalized spacial score (nSPS) is 24.8. The van der Waals surface area contributed by atoms with Gasteiger partial charge in [-0.1, -0.05) is 56.3 Å². The van der Waals surface area contributed by atoms with Crippen LogP contribution in [0.15, 0.2) is 59.5 Å². The number of aliphatic hydroxyl groups excluding tert-OH is 2. The average Bonchev–Trinajstić information content (AvgIpc) is 2.87. The maximum absolute atomic E-state index is 13.8. The van der Waals surface area contributed by atoms with E-state index < -0.39 is 71.0 Å². The van der Waals surface area contributed by atoms with Gasteiger partial charge in [-0.05, 0) is 29.2 Å². The lowest BCUT2D eigenvalue weighted by Gasteiger charge is -2.44. The molecule has 1 aliphatic heterocycles. The van der Waals surface area contributed by atoms with Gasteiger partial charge in [-0.2, -0.15) is 4.31 Å². The summed E-state index contributed by atoms with van der Waals surface area (Å²) in [5.41, 5.74) is 1.65. The van der Waals surface area contributed by atoms with Crippen molar-refractivity contribution in [2.24, 2.45) is 5.92 Å². The summed E-state index contributed by atoms with van der Waals surface area (Å²) in [5, 5.41) is 33.9. The maximum Gasteiger partial charge on any atom is 0.322 e. The molecule has 0 aliphatic carbocycles. The van der Waals surface area contributed by atoms with Crippen LogP contribution in [-0.4, -0.2) is 90.3 Å². The van der Waals surface area contributed by atoms with Crippen molar-refractivity contribution in [3.05, 3.63) is 54.6 Å². The van der Waals surface area contributed by atoms with E-state index >= 15 is 0 Å². The summed E-state index contributed by atoms with van der Waals surface area (Å²) in [6.45, 7) is 3.76. The summed E-state index contributed by atoms with van der Waals surface area (Å²) < 4.78 is 39.4. The summed E-state index contributed by atoms with van der Waals surface area (Å²) >= 11 is 0. The number of hydrogen-bond donors (Lipinski definition) is 4. The van der Waals surface area contributed by atoms with Gasteiger partial charge in [0.15, 0.2) is 6.29 Å². The van der Waals surface area contributed by atoms with Crippen LogP contribution in [0.2, 0.25) is 0 Å². The van der Waals surface area contributed by atoms with Crippen molar-refractivity contribution in [2.45, 2.75) is 62.4 Å². The molecule has 0 saturated carbocycles. The molecule has 1 heterocycles. The number of carboxylic acid groups (broad SMARTS) is 1. The number of aliphatic hydroxyl groups is 2. The molecule has 208 valence electrons. The van der Waals surface area contributed by atoms with Gasteiger partial charge < -0.3 is 30.1 Å². The molecule has 0 unspecified atom stereocenters. The van der Waals surface area contributed by atoms with Crippen LogP contribution in [0.25, 0.3) is 11.1 Å². The lowest BCUT2D eigenvalue weighted by Crippen LogP contribution is -2.66. The molecule has 4 N–H and O–H groups in total. The van der Waals surface area contributed by atoms with Crippen molar-refractivity contribution in [1.29, 1.82) is 0 Å². The first kappa shape index (κ1) is 29.7. The Hall–Kier alpha value is -2.87. The standard InChI is InChI=1S/C26H34N2O9S/c1-15(2)22(25(32)33)28(14-20-23(30)24(31)21(27-16(3)29)26(36-4)37-20)38(34,35)19-12-10-18(11-13-19)17-8-6-5-7-9-17/h5-13,15,20-24,26,30-31H,14H2,1-4H3,(H,27,29)(H,32,33)/t20-,21-,22-,23-,24-,26-/m1/s1. The third-order valence-electron chi connectivity index (χ3n) is 6.43. The highest BCUT2D eigenvalue weighted by atomic mass is 32.2. The highest BCUT2D eigenvalue weighted by Gasteiger charge is 2.48. The number of rotatable bonds is 10. The van der Waals surface area contributed by atoms with E-state index in [9.17, 15) is 33.3 Å². The van der Waals surface area contributed by atoms with Gasteiger partial charge in [-0.3, -0.25) is 9.59 Å². The van der Waals surface area contributed by atoms with Crippen LogP contribution in [0.5, 0.6) is 0 Å². The van der Waals surface area contributed by atoms with Crippen molar-refractivity contribution in [1.82, 2.24) is 9.62 Å². The van der Waals surface area contributed by atoms with Crippen molar-refractivity contribution in [3.8, 4) is 11.1 Å². The average molecular weight is 551 g/mol. The number of ether oxygens (including phenoxy) is 2. The largest absolute Gasteiger partial charge is 0.480 e. The predicted octanol–water partition coefficient (Wildman–Crippen LogP) is 1.05. The minimum absolute atomic E-state index is 0.144. The molecule has 38 heavy (non-hydrogen) atoms. The van der Waals surface area contributed by atoms with E-state index in [4.69, 9.17) is 9.47 Å². The monoisotopic (exact) mass is 550 g/mol. The number of carbonyl (C=O) groups excluding carboxylic acids is 1. The van der Waals surface area contributed by atoms with Gasteiger partial charge in [0.1, 0.15) is 30.4 Å². The van der Waals surface area contributed by atoms with E-state index in [2.05, 4.69) is 5.32 Å². The first-order chi connectivity index (χ1) is 17.9. The zero-order valence-electron chi connectivity index (χ0n) is 21.6. The molecule has 0 radical (unpaired) electrons. The Morgan fingerprint density at radius 2 is 1.61 bits per heavy atom. The number of methoxy groups -OCH3 is 1. The molecule has 11 nitrogen and oxygen atoms in total. The molecule has 1 amide bonds. The fraction of sp³-hybridized carbons (Fsp3) is 0.462. The van der Waals surface area contributed by atoms with Crippen LogP contribution in [0.4, 0.5) is 0 Å².